The number of nitrogens with two attached hydrogens (primary N) is 1. The highest BCUT2D eigenvalue weighted by molar-refractivity contribution is 5.04. The van der Waals surface area contributed by atoms with E-state index in [2.05, 4.69) is 19.2 Å². The van der Waals surface area contributed by atoms with Gasteiger partial charge in [-0.05, 0) is 42.9 Å². The van der Waals surface area contributed by atoms with E-state index < -0.39 is 0 Å². The van der Waals surface area contributed by atoms with Gasteiger partial charge in [0.25, 0.3) is 0 Å². The average molecular weight is 250 g/mol. The fourth-order valence-electron chi connectivity index (χ4n) is 5.06. The molecule has 0 amide bonds. The maximum Gasteiger partial charge on any atom is 0.0141 e. The van der Waals surface area contributed by atoms with E-state index in [0.29, 0.717) is 12.1 Å². The molecule has 7 atom stereocenters. The van der Waals surface area contributed by atoms with Gasteiger partial charge in [-0.25, -0.2) is 0 Å². The molecule has 7 unspecified atom stereocenters. The second kappa shape index (κ2) is 5.13. The number of piperidine rings is 1. The third kappa shape index (κ3) is 2.12. The van der Waals surface area contributed by atoms with Crippen LogP contribution in [0.25, 0.3) is 0 Å². The third-order valence-corrected chi connectivity index (χ3v) is 6.18. The van der Waals surface area contributed by atoms with Crippen molar-refractivity contribution in [2.24, 2.45) is 29.4 Å². The lowest BCUT2D eigenvalue weighted by atomic mass is 9.62. The smallest absolute Gasteiger partial charge is 0.0141 e. The van der Waals surface area contributed by atoms with Crippen molar-refractivity contribution >= 4 is 0 Å². The second-order valence-electron chi connectivity index (χ2n) is 7.29. The molecule has 1 aliphatic heterocycles. The number of hydrogen-bond acceptors (Lipinski definition) is 2. The van der Waals surface area contributed by atoms with E-state index in [1.807, 2.05) is 0 Å². The van der Waals surface area contributed by atoms with Crippen LogP contribution in [0.2, 0.25) is 0 Å². The van der Waals surface area contributed by atoms with Crippen LogP contribution in [0.4, 0.5) is 0 Å². The standard InChI is InChI=1S/C16H30N2/c1-10-8-9-11(2)16-14(10)15(17)12-6-4-3-5-7-13(12)18-16/h10-16,18H,3-9,17H2,1-2H3. The largest absolute Gasteiger partial charge is 0.327 e. The maximum atomic E-state index is 6.73. The molecule has 3 N–H and O–H groups in total. The van der Waals surface area contributed by atoms with Crippen molar-refractivity contribution in [3.05, 3.63) is 0 Å². The number of rotatable bonds is 0. The summed E-state index contributed by atoms with van der Waals surface area (Å²) in [4.78, 5) is 0. The number of fused-ring (bicyclic) bond motifs is 2. The normalized spacial score (nSPS) is 53.2. The Hall–Kier alpha value is -0.0800. The fraction of sp³-hybridized carbons (Fsp3) is 1.00. The minimum Gasteiger partial charge on any atom is -0.327 e. The zero-order valence-corrected chi connectivity index (χ0v) is 12.1. The van der Waals surface area contributed by atoms with Crippen LogP contribution in [-0.4, -0.2) is 18.1 Å². The molecular formula is C16H30N2. The van der Waals surface area contributed by atoms with Gasteiger partial charge in [0.2, 0.25) is 0 Å². The Kier molecular flexibility index (Phi) is 3.68. The van der Waals surface area contributed by atoms with E-state index >= 15 is 0 Å². The summed E-state index contributed by atoms with van der Waals surface area (Å²) in [5, 5.41) is 4.03. The maximum absolute atomic E-state index is 6.73. The molecular weight excluding hydrogens is 220 g/mol. The summed E-state index contributed by atoms with van der Waals surface area (Å²) in [5.74, 6) is 3.12. The molecule has 0 aromatic rings. The predicted molar refractivity (Wildman–Crippen MR) is 76.3 cm³/mol. The lowest BCUT2D eigenvalue weighted by Crippen LogP contribution is -2.66. The molecule has 2 aliphatic carbocycles. The van der Waals surface area contributed by atoms with Gasteiger partial charge in [0, 0.05) is 18.1 Å². The molecule has 0 aromatic heterocycles. The first-order valence-electron chi connectivity index (χ1n) is 8.20. The van der Waals surface area contributed by atoms with Crippen LogP contribution in [0.15, 0.2) is 0 Å². The van der Waals surface area contributed by atoms with E-state index in [4.69, 9.17) is 5.73 Å². The molecule has 0 radical (unpaired) electrons. The lowest BCUT2D eigenvalue weighted by Gasteiger charge is -2.53. The highest BCUT2D eigenvalue weighted by atomic mass is 15.0. The van der Waals surface area contributed by atoms with E-state index in [9.17, 15) is 0 Å². The molecule has 0 aromatic carbocycles. The SMILES string of the molecule is CC1CCC(C)C2C(N)C3CCCCCC3NC12. The Morgan fingerprint density at radius 2 is 1.61 bits per heavy atom. The zero-order valence-electron chi connectivity index (χ0n) is 12.1. The first-order valence-corrected chi connectivity index (χ1v) is 8.20. The fourth-order valence-corrected chi connectivity index (χ4v) is 5.06. The number of hydrogen-bond donors (Lipinski definition) is 2. The van der Waals surface area contributed by atoms with Gasteiger partial charge >= 0.3 is 0 Å². The molecule has 2 nitrogen and oxygen atoms in total. The van der Waals surface area contributed by atoms with E-state index in [1.54, 1.807) is 0 Å². The van der Waals surface area contributed by atoms with Crippen molar-refractivity contribution in [2.45, 2.75) is 76.9 Å². The first-order chi connectivity index (χ1) is 8.68. The predicted octanol–water partition coefficient (Wildman–Crippen LogP) is 2.92. The van der Waals surface area contributed by atoms with Gasteiger partial charge in [-0.15, -0.1) is 0 Å². The van der Waals surface area contributed by atoms with Crippen LogP contribution in [0.3, 0.4) is 0 Å². The topological polar surface area (TPSA) is 38.0 Å². The quantitative estimate of drug-likeness (QED) is 0.694. The summed E-state index contributed by atoms with van der Waals surface area (Å²) in [6.45, 7) is 4.86. The molecule has 0 bridgehead atoms. The Bertz CT molecular complexity index is 291. The highest BCUT2D eigenvalue weighted by Gasteiger charge is 2.47. The van der Waals surface area contributed by atoms with Crippen molar-refractivity contribution in [1.29, 1.82) is 0 Å². The van der Waals surface area contributed by atoms with Crippen LogP contribution in [0.5, 0.6) is 0 Å². The van der Waals surface area contributed by atoms with Crippen molar-refractivity contribution < 1.29 is 0 Å². The molecule has 1 heterocycles. The van der Waals surface area contributed by atoms with Crippen LogP contribution in [-0.2, 0) is 0 Å². The van der Waals surface area contributed by atoms with Crippen molar-refractivity contribution in [1.82, 2.24) is 5.32 Å². The van der Waals surface area contributed by atoms with E-state index in [1.165, 1.54) is 44.9 Å². The minimum atomic E-state index is 0.456. The first kappa shape index (κ1) is 12.9. The zero-order chi connectivity index (χ0) is 12.7. The summed E-state index contributed by atoms with van der Waals surface area (Å²) < 4.78 is 0. The van der Waals surface area contributed by atoms with Crippen LogP contribution >= 0.6 is 0 Å². The summed E-state index contributed by atoms with van der Waals surface area (Å²) >= 11 is 0. The van der Waals surface area contributed by atoms with Crippen molar-refractivity contribution in [3.63, 3.8) is 0 Å². The monoisotopic (exact) mass is 250 g/mol. The molecule has 104 valence electrons. The molecule has 0 spiro atoms. The van der Waals surface area contributed by atoms with Crippen LogP contribution in [0, 0.1) is 23.7 Å². The Morgan fingerprint density at radius 1 is 0.889 bits per heavy atom. The summed E-state index contributed by atoms with van der Waals surface area (Å²) in [5.41, 5.74) is 6.73. The Labute approximate surface area is 112 Å². The van der Waals surface area contributed by atoms with Crippen molar-refractivity contribution in [3.8, 4) is 0 Å². The second-order valence-corrected chi connectivity index (χ2v) is 7.29. The molecule has 2 heteroatoms. The van der Waals surface area contributed by atoms with Crippen molar-refractivity contribution in [2.75, 3.05) is 0 Å². The molecule has 18 heavy (non-hydrogen) atoms. The molecule has 3 aliphatic rings. The van der Waals surface area contributed by atoms with Gasteiger partial charge in [-0.2, -0.15) is 0 Å². The summed E-state index contributed by atoms with van der Waals surface area (Å²) in [6.07, 6.45) is 9.72. The van der Waals surface area contributed by atoms with Gasteiger partial charge < -0.3 is 11.1 Å². The van der Waals surface area contributed by atoms with Gasteiger partial charge in [-0.1, -0.05) is 39.5 Å². The van der Waals surface area contributed by atoms with E-state index in [0.717, 1.165) is 29.7 Å². The minimum absolute atomic E-state index is 0.456. The average Bonchev–Trinajstić information content (AvgIpc) is 2.59. The molecule has 3 fully saturated rings. The number of nitrogens with one attached hydrogen (secondary N) is 1. The third-order valence-electron chi connectivity index (χ3n) is 6.18. The van der Waals surface area contributed by atoms with Gasteiger partial charge in [0.1, 0.15) is 0 Å². The van der Waals surface area contributed by atoms with Gasteiger partial charge in [0.05, 0.1) is 0 Å². The summed E-state index contributed by atoms with van der Waals surface area (Å²) in [6, 6.07) is 1.87. The summed E-state index contributed by atoms with van der Waals surface area (Å²) in [7, 11) is 0. The Morgan fingerprint density at radius 3 is 2.44 bits per heavy atom. The molecule has 1 saturated heterocycles. The van der Waals surface area contributed by atoms with Crippen LogP contribution in [0.1, 0.15) is 58.8 Å². The highest BCUT2D eigenvalue weighted by Crippen LogP contribution is 2.43. The van der Waals surface area contributed by atoms with Crippen LogP contribution < -0.4 is 11.1 Å². The van der Waals surface area contributed by atoms with E-state index in [-0.39, 0.29) is 0 Å². The molecule has 2 saturated carbocycles. The Balaban J connectivity index is 1.83. The lowest BCUT2D eigenvalue weighted by molar-refractivity contribution is 0.0283. The van der Waals surface area contributed by atoms with Gasteiger partial charge in [-0.3, -0.25) is 0 Å². The van der Waals surface area contributed by atoms with Gasteiger partial charge in [0.15, 0.2) is 0 Å². The molecule has 3 rings (SSSR count).